The SMILES string of the molecule is CN(C)C[C@@H](NC(=O)c1ccc(C#N)cc1)c1ccccc1. The van der Waals surface area contributed by atoms with Crippen molar-refractivity contribution in [3.63, 3.8) is 0 Å². The van der Waals surface area contributed by atoms with E-state index in [0.29, 0.717) is 17.7 Å². The number of rotatable bonds is 5. The predicted molar refractivity (Wildman–Crippen MR) is 86.4 cm³/mol. The second-order valence-corrected chi connectivity index (χ2v) is 5.39. The van der Waals surface area contributed by atoms with Crippen molar-refractivity contribution in [3.8, 4) is 6.07 Å². The van der Waals surface area contributed by atoms with Crippen LogP contribution in [0.25, 0.3) is 0 Å². The quantitative estimate of drug-likeness (QED) is 0.922. The highest BCUT2D eigenvalue weighted by atomic mass is 16.1. The summed E-state index contributed by atoms with van der Waals surface area (Å²) in [4.78, 5) is 14.4. The van der Waals surface area contributed by atoms with Crippen LogP contribution in [0, 0.1) is 11.3 Å². The van der Waals surface area contributed by atoms with Gasteiger partial charge in [0, 0.05) is 12.1 Å². The first-order valence-corrected chi connectivity index (χ1v) is 7.11. The fraction of sp³-hybridized carbons (Fsp3) is 0.222. The van der Waals surface area contributed by atoms with Gasteiger partial charge in [0.1, 0.15) is 0 Å². The Labute approximate surface area is 131 Å². The van der Waals surface area contributed by atoms with E-state index in [2.05, 4.69) is 5.32 Å². The molecule has 0 heterocycles. The monoisotopic (exact) mass is 293 g/mol. The Hall–Kier alpha value is -2.64. The lowest BCUT2D eigenvalue weighted by atomic mass is 10.1. The van der Waals surface area contributed by atoms with Gasteiger partial charge in [-0.25, -0.2) is 0 Å². The lowest BCUT2D eigenvalue weighted by Crippen LogP contribution is -2.35. The molecular formula is C18H19N3O. The van der Waals surface area contributed by atoms with E-state index in [0.717, 1.165) is 5.56 Å². The topological polar surface area (TPSA) is 56.1 Å². The molecule has 22 heavy (non-hydrogen) atoms. The van der Waals surface area contributed by atoms with Crippen LogP contribution in [0.3, 0.4) is 0 Å². The average Bonchev–Trinajstić information content (AvgIpc) is 2.54. The third-order valence-electron chi connectivity index (χ3n) is 3.33. The number of nitriles is 1. The molecule has 0 aromatic heterocycles. The molecule has 0 saturated carbocycles. The normalized spacial score (nSPS) is 11.7. The number of hydrogen-bond acceptors (Lipinski definition) is 3. The summed E-state index contributed by atoms with van der Waals surface area (Å²) in [5.74, 6) is -0.139. The fourth-order valence-corrected chi connectivity index (χ4v) is 2.22. The Morgan fingerprint density at radius 2 is 1.77 bits per heavy atom. The molecule has 0 fully saturated rings. The smallest absolute Gasteiger partial charge is 0.251 e. The van der Waals surface area contributed by atoms with Crippen LogP contribution < -0.4 is 5.32 Å². The first-order chi connectivity index (χ1) is 10.6. The molecular weight excluding hydrogens is 274 g/mol. The summed E-state index contributed by atoms with van der Waals surface area (Å²) < 4.78 is 0. The molecule has 0 aliphatic rings. The number of likely N-dealkylation sites (N-methyl/N-ethyl adjacent to an activating group) is 1. The van der Waals surface area contributed by atoms with Gasteiger partial charge in [0.2, 0.25) is 0 Å². The molecule has 4 nitrogen and oxygen atoms in total. The van der Waals surface area contributed by atoms with E-state index in [-0.39, 0.29) is 11.9 Å². The van der Waals surface area contributed by atoms with Crippen molar-refractivity contribution in [2.45, 2.75) is 6.04 Å². The maximum absolute atomic E-state index is 12.4. The van der Waals surface area contributed by atoms with Crippen molar-refractivity contribution < 1.29 is 4.79 Å². The number of carbonyl (C=O) groups excluding carboxylic acids is 1. The highest BCUT2D eigenvalue weighted by Gasteiger charge is 2.16. The van der Waals surface area contributed by atoms with Gasteiger partial charge in [-0.05, 0) is 43.9 Å². The van der Waals surface area contributed by atoms with E-state index < -0.39 is 0 Å². The highest BCUT2D eigenvalue weighted by Crippen LogP contribution is 2.14. The Balaban J connectivity index is 2.15. The fourth-order valence-electron chi connectivity index (χ4n) is 2.22. The van der Waals surface area contributed by atoms with Gasteiger partial charge in [0.25, 0.3) is 5.91 Å². The lowest BCUT2D eigenvalue weighted by Gasteiger charge is -2.23. The second-order valence-electron chi connectivity index (χ2n) is 5.39. The molecule has 0 saturated heterocycles. The van der Waals surface area contributed by atoms with Gasteiger partial charge in [-0.2, -0.15) is 5.26 Å². The van der Waals surface area contributed by atoms with Gasteiger partial charge >= 0.3 is 0 Å². The molecule has 2 aromatic rings. The second kappa shape index (κ2) is 7.39. The molecule has 112 valence electrons. The van der Waals surface area contributed by atoms with Crippen LogP contribution in [0.15, 0.2) is 54.6 Å². The molecule has 1 N–H and O–H groups in total. The van der Waals surface area contributed by atoms with Crippen LogP contribution in [-0.4, -0.2) is 31.4 Å². The van der Waals surface area contributed by atoms with Crippen LogP contribution in [0.1, 0.15) is 27.5 Å². The third-order valence-corrected chi connectivity index (χ3v) is 3.33. The maximum atomic E-state index is 12.4. The van der Waals surface area contributed by atoms with E-state index in [9.17, 15) is 4.79 Å². The third kappa shape index (κ3) is 4.18. The van der Waals surface area contributed by atoms with E-state index in [1.165, 1.54) is 0 Å². The standard InChI is InChI=1S/C18H19N3O/c1-21(2)13-17(15-6-4-3-5-7-15)20-18(22)16-10-8-14(12-19)9-11-16/h3-11,17H,13H2,1-2H3,(H,20,22)/t17-/m1/s1. The van der Waals surface area contributed by atoms with Crippen LogP contribution in [0.2, 0.25) is 0 Å². The molecule has 0 unspecified atom stereocenters. The van der Waals surface area contributed by atoms with E-state index in [1.54, 1.807) is 24.3 Å². The number of nitrogens with one attached hydrogen (secondary N) is 1. The Kier molecular flexibility index (Phi) is 5.29. The highest BCUT2D eigenvalue weighted by molar-refractivity contribution is 5.94. The summed E-state index contributed by atoms with van der Waals surface area (Å²) in [6, 6.07) is 18.5. The maximum Gasteiger partial charge on any atom is 0.251 e. The van der Waals surface area contributed by atoms with Gasteiger partial charge in [-0.15, -0.1) is 0 Å². The minimum atomic E-state index is -0.139. The number of carbonyl (C=O) groups is 1. The van der Waals surface area contributed by atoms with Gasteiger partial charge in [0.05, 0.1) is 17.7 Å². The summed E-state index contributed by atoms with van der Waals surface area (Å²) >= 11 is 0. The minimum absolute atomic E-state index is 0.0839. The zero-order chi connectivity index (χ0) is 15.9. The van der Waals surface area contributed by atoms with Crippen molar-refractivity contribution >= 4 is 5.91 Å². The number of nitrogens with zero attached hydrogens (tertiary/aromatic N) is 2. The Morgan fingerprint density at radius 3 is 2.32 bits per heavy atom. The number of hydrogen-bond donors (Lipinski definition) is 1. The molecule has 0 radical (unpaired) electrons. The van der Waals surface area contributed by atoms with Crippen molar-refractivity contribution in [1.29, 1.82) is 5.26 Å². The minimum Gasteiger partial charge on any atom is -0.344 e. The first-order valence-electron chi connectivity index (χ1n) is 7.11. The summed E-state index contributed by atoms with van der Waals surface area (Å²) in [6.07, 6.45) is 0. The largest absolute Gasteiger partial charge is 0.344 e. The van der Waals surface area contributed by atoms with Crippen LogP contribution in [0.5, 0.6) is 0 Å². The van der Waals surface area contributed by atoms with E-state index in [4.69, 9.17) is 5.26 Å². The zero-order valence-electron chi connectivity index (χ0n) is 12.8. The average molecular weight is 293 g/mol. The molecule has 4 heteroatoms. The van der Waals surface area contributed by atoms with Gasteiger partial charge < -0.3 is 10.2 Å². The first kappa shape index (κ1) is 15.7. The van der Waals surface area contributed by atoms with Gasteiger partial charge in [-0.3, -0.25) is 4.79 Å². The molecule has 2 aromatic carbocycles. The Morgan fingerprint density at radius 1 is 1.14 bits per heavy atom. The van der Waals surface area contributed by atoms with E-state index >= 15 is 0 Å². The molecule has 2 rings (SSSR count). The molecule has 1 atom stereocenters. The number of amides is 1. The molecule has 0 aliphatic carbocycles. The molecule has 0 aliphatic heterocycles. The molecule has 1 amide bonds. The molecule has 0 spiro atoms. The van der Waals surface area contributed by atoms with E-state index in [1.807, 2.05) is 55.4 Å². The van der Waals surface area contributed by atoms with Gasteiger partial charge in [-0.1, -0.05) is 30.3 Å². The van der Waals surface area contributed by atoms with Crippen molar-refractivity contribution in [3.05, 3.63) is 71.3 Å². The summed E-state index contributed by atoms with van der Waals surface area (Å²) in [6.45, 7) is 0.714. The molecule has 0 bridgehead atoms. The summed E-state index contributed by atoms with van der Waals surface area (Å²) in [5.41, 5.74) is 2.17. The van der Waals surface area contributed by atoms with Crippen LogP contribution in [-0.2, 0) is 0 Å². The predicted octanol–water partition coefficient (Wildman–Crippen LogP) is 2.59. The van der Waals surface area contributed by atoms with Crippen LogP contribution in [0.4, 0.5) is 0 Å². The Bertz CT molecular complexity index is 657. The van der Waals surface area contributed by atoms with Crippen molar-refractivity contribution in [1.82, 2.24) is 10.2 Å². The number of benzene rings is 2. The van der Waals surface area contributed by atoms with Crippen molar-refractivity contribution in [2.24, 2.45) is 0 Å². The zero-order valence-corrected chi connectivity index (χ0v) is 12.8. The van der Waals surface area contributed by atoms with Crippen LogP contribution >= 0.6 is 0 Å². The lowest BCUT2D eigenvalue weighted by molar-refractivity contribution is 0.0930. The summed E-state index contributed by atoms with van der Waals surface area (Å²) in [5, 5.41) is 11.9. The van der Waals surface area contributed by atoms with Crippen molar-refractivity contribution in [2.75, 3.05) is 20.6 Å². The summed E-state index contributed by atoms with van der Waals surface area (Å²) in [7, 11) is 3.95. The van der Waals surface area contributed by atoms with Gasteiger partial charge in [0.15, 0.2) is 0 Å².